The zero-order chi connectivity index (χ0) is 20.0. The van der Waals surface area contributed by atoms with Crippen LogP contribution in [0.15, 0.2) is 18.2 Å². The SMILES string of the molecule is COC(=O)[C@H]1CN(C(=O)CN(C)CC(=O)Nc2cccc(C)c2C)CCS1. The molecule has 7 nitrogen and oxygen atoms in total. The maximum absolute atomic E-state index is 12.5. The minimum atomic E-state index is -0.342. The van der Waals surface area contributed by atoms with Crippen LogP contribution in [0.3, 0.4) is 0 Å². The number of carbonyl (C=O) groups excluding carboxylic acids is 3. The molecule has 1 atom stereocenters. The predicted molar refractivity (Wildman–Crippen MR) is 107 cm³/mol. The summed E-state index contributed by atoms with van der Waals surface area (Å²) in [5.74, 6) is 0.133. The zero-order valence-electron chi connectivity index (χ0n) is 16.3. The van der Waals surface area contributed by atoms with Crippen molar-refractivity contribution in [2.75, 3.05) is 51.4 Å². The smallest absolute Gasteiger partial charge is 0.320 e. The summed E-state index contributed by atoms with van der Waals surface area (Å²) in [7, 11) is 3.09. The summed E-state index contributed by atoms with van der Waals surface area (Å²) in [6, 6.07) is 5.76. The first-order chi connectivity index (χ1) is 12.8. The quantitative estimate of drug-likeness (QED) is 0.734. The summed E-state index contributed by atoms with van der Waals surface area (Å²) in [5.41, 5.74) is 2.93. The van der Waals surface area contributed by atoms with E-state index in [4.69, 9.17) is 4.74 Å². The summed E-state index contributed by atoms with van der Waals surface area (Å²) >= 11 is 1.50. The van der Waals surface area contributed by atoms with E-state index in [0.29, 0.717) is 18.8 Å². The Morgan fingerprint density at radius 3 is 2.74 bits per heavy atom. The Morgan fingerprint density at radius 1 is 1.30 bits per heavy atom. The van der Waals surface area contributed by atoms with Gasteiger partial charge in [-0.2, -0.15) is 0 Å². The van der Waals surface area contributed by atoms with Crippen LogP contribution in [0.2, 0.25) is 0 Å². The number of likely N-dealkylation sites (N-methyl/N-ethyl adjacent to an activating group) is 1. The van der Waals surface area contributed by atoms with Crippen LogP contribution in [0.4, 0.5) is 5.69 Å². The van der Waals surface area contributed by atoms with Gasteiger partial charge in [-0.3, -0.25) is 19.3 Å². The van der Waals surface area contributed by atoms with Crippen molar-refractivity contribution in [2.24, 2.45) is 0 Å². The lowest BCUT2D eigenvalue weighted by Crippen LogP contribution is -2.48. The number of hydrogen-bond donors (Lipinski definition) is 1. The minimum absolute atomic E-state index is 0.0914. The van der Waals surface area contributed by atoms with E-state index in [2.05, 4.69) is 5.32 Å². The van der Waals surface area contributed by atoms with Crippen molar-refractivity contribution in [2.45, 2.75) is 19.1 Å². The number of benzene rings is 1. The maximum Gasteiger partial charge on any atom is 0.320 e. The lowest BCUT2D eigenvalue weighted by Gasteiger charge is -2.32. The highest BCUT2D eigenvalue weighted by Crippen LogP contribution is 2.20. The van der Waals surface area contributed by atoms with E-state index >= 15 is 0 Å². The van der Waals surface area contributed by atoms with Gasteiger partial charge in [-0.15, -0.1) is 11.8 Å². The number of nitrogens with zero attached hydrogens (tertiary/aromatic N) is 2. The van der Waals surface area contributed by atoms with E-state index in [9.17, 15) is 14.4 Å². The van der Waals surface area contributed by atoms with Crippen molar-refractivity contribution in [3.8, 4) is 0 Å². The molecule has 0 spiro atoms. The second-order valence-electron chi connectivity index (χ2n) is 6.69. The van der Waals surface area contributed by atoms with Gasteiger partial charge in [-0.05, 0) is 38.1 Å². The topological polar surface area (TPSA) is 79.0 Å². The highest BCUT2D eigenvalue weighted by atomic mass is 32.2. The molecule has 0 saturated carbocycles. The van der Waals surface area contributed by atoms with Crippen molar-refractivity contribution in [1.82, 2.24) is 9.80 Å². The van der Waals surface area contributed by atoms with Gasteiger partial charge in [-0.25, -0.2) is 0 Å². The molecule has 1 fully saturated rings. The molecule has 1 heterocycles. The van der Waals surface area contributed by atoms with Gasteiger partial charge < -0.3 is 15.0 Å². The molecule has 1 saturated heterocycles. The summed E-state index contributed by atoms with van der Waals surface area (Å²) in [6.45, 7) is 5.14. The van der Waals surface area contributed by atoms with Crippen molar-refractivity contribution < 1.29 is 19.1 Å². The number of ether oxygens (including phenoxy) is 1. The molecule has 2 amide bonds. The van der Waals surface area contributed by atoms with Crippen LogP contribution in [0.25, 0.3) is 0 Å². The molecule has 1 aromatic rings. The number of esters is 1. The lowest BCUT2D eigenvalue weighted by molar-refractivity contribution is -0.141. The normalized spacial score (nSPS) is 16.9. The summed E-state index contributed by atoms with van der Waals surface area (Å²) < 4.78 is 4.76. The van der Waals surface area contributed by atoms with Crippen LogP contribution < -0.4 is 5.32 Å². The van der Waals surface area contributed by atoms with Crippen molar-refractivity contribution in [3.63, 3.8) is 0 Å². The van der Waals surface area contributed by atoms with E-state index < -0.39 is 0 Å². The Bertz CT molecular complexity index is 710. The third-order valence-corrected chi connectivity index (χ3v) is 5.74. The first kappa shape index (κ1) is 21.2. The fourth-order valence-electron chi connectivity index (χ4n) is 2.86. The number of rotatable bonds is 6. The van der Waals surface area contributed by atoms with E-state index in [1.165, 1.54) is 18.9 Å². The Balaban J connectivity index is 1.84. The number of nitrogens with one attached hydrogen (secondary N) is 1. The van der Waals surface area contributed by atoms with Gasteiger partial charge in [0.15, 0.2) is 0 Å². The Morgan fingerprint density at radius 2 is 2.04 bits per heavy atom. The van der Waals surface area contributed by atoms with Crippen LogP contribution in [-0.2, 0) is 19.1 Å². The number of amides is 2. The molecule has 1 aromatic carbocycles. The molecular formula is C19H27N3O4S. The van der Waals surface area contributed by atoms with E-state index in [-0.39, 0.29) is 36.1 Å². The molecule has 1 N–H and O–H groups in total. The third-order valence-electron chi connectivity index (χ3n) is 4.58. The highest BCUT2D eigenvalue weighted by molar-refractivity contribution is 8.00. The fourth-order valence-corrected chi connectivity index (χ4v) is 3.99. The van der Waals surface area contributed by atoms with Gasteiger partial charge >= 0.3 is 5.97 Å². The molecule has 27 heavy (non-hydrogen) atoms. The van der Waals surface area contributed by atoms with Gasteiger partial charge in [0, 0.05) is 24.5 Å². The number of hydrogen-bond acceptors (Lipinski definition) is 6. The average molecular weight is 394 g/mol. The van der Waals surface area contributed by atoms with E-state index in [1.54, 1.807) is 16.8 Å². The largest absolute Gasteiger partial charge is 0.468 e. The standard InChI is InChI=1S/C19H27N3O4S/c1-13-6-5-7-15(14(13)2)20-17(23)11-21(3)12-18(24)22-8-9-27-16(10-22)19(25)26-4/h5-7,16H,8-12H2,1-4H3,(H,20,23)/t16-/m1/s1. The lowest BCUT2D eigenvalue weighted by atomic mass is 10.1. The third kappa shape index (κ3) is 5.97. The molecule has 1 aliphatic heterocycles. The fraction of sp³-hybridized carbons (Fsp3) is 0.526. The number of aryl methyl sites for hydroxylation is 1. The summed E-state index contributed by atoms with van der Waals surface area (Å²) in [4.78, 5) is 39.8. The monoisotopic (exact) mass is 393 g/mol. The second kappa shape index (κ2) is 9.75. The number of anilines is 1. The summed E-state index contributed by atoms with van der Waals surface area (Å²) in [6.07, 6.45) is 0. The molecule has 0 aromatic heterocycles. The molecule has 8 heteroatoms. The number of thioether (sulfide) groups is 1. The first-order valence-corrected chi connectivity index (χ1v) is 9.88. The number of methoxy groups -OCH3 is 1. The van der Waals surface area contributed by atoms with Crippen LogP contribution >= 0.6 is 11.8 Å². The van der Waals surface area contributed by atoms with Crippen molar-refractivity contribution in [1.29, 1.82) is 0 Å². The van der Waals surface area contributed by atoms with Crippen molar-refractivity contribution >= 4 is 35.2 Å². The molecule has 0 aliphatic carbocycles. The Hall–Kier alpha value is -2.06. The molecule has 2 rings (SSSR count). The summed E-state index contributed by atoms with van der Waals surface area (Å²) in [5, 5.41) is 2.55. The minimum Gasteiger partial charge on any atom is -0.468 e. The maximum atomic E-state index is 12.5. The molecule has 0 radical (unpaired) electrons. The van der Waals surface area contributed by atoms with E-state index in [0.717, 1.165) is 16.8 Å². The van der Waals surface area contributed by atoms with Gasteiger partial charge in [0.25, 0.3) is 0 Å². The van der Waals surface area contributed by atoms with Gasteiger partial charge in [0.2, 0.25) is 11.8 Å². The molecular weight excluding hydrogens is 366 g/mol. The van der Waals surface area contributed by atoms with Crippen LogP contribution in [0.1, 0.15) is 11.1 Å². The molecule has 0 unspecified atom stereocenters. The second-order valence-corrected chi connectivity index (χ2v) is 8.00. The zero-order valence-corrected chi connectivity index (χ0v) is 17.1. The predicted octanol–water partition coefficient (Wildman–Crippen LogP) is 1.29. The van der Waals surface area contributed by atoms with Crippen molar-refractivity contribution in [3.05, 3.63) is 29.3 Å². The highest BCUT2D eigenvalue weighted by Gasteiger charge is 2.30. The first-order valence-electron chi connectivity index (χ1n) is 8.83. The van der Waals surface area contributed by atoms with Crippen LogP contribution in [-0.4, -0.2) is 78.9 Å². The Labute approximate surface area is 164 Å². The van der Waals surface area contributed by atoms with E-state index in [1.807, 2.05) is 32.0 Å². The Kier molecular flexibility index (Phi) is 7.67. The number of carbonyl (C=O) groups is 3. The van der Waals surface area contributed by atoms with Gasteiger partial charge in [-0.1, -0.05) is 12.1 Å². The van der Waals surface area contributed by atoms with Gasteiger partial charge in [0.05, 0.1) is 20.2 Å². The molecule has 1 aliphatic rings. The van der Waals surface area contributed by atoms with Crippen LogP contribution in [0.5, 0.6) is 0 Å². The molecule has 0 bridgehead atoms. The average Bonchev–Trinajstić information content (AvgIpc) is 2.64. The van der Waals surface area contributed by atoms with Gasteiger partial charge in [0.1, 0.15) is 5.25 Å². The van der Waals surface area contributed by atoms with Crippen LogP contribution in [0, 0.1) is 13.8 Å². The molecule has 148 valence electrons.